The van der Waals surface area contributed by atoms with Gasteiger partial charge in [0.2, 0.25) is 5.91 Å². The van der Waals surface area contributed by atoms with E-state index in [0.29, 0.717) is 12.3 Å². The second-order valence-corrected chi connectivity index (χ2v) is 6.28. The predicted molar refractivity (Wildman–Crippen MR) is 78.2 cm³/mol. The first-order chi connectivity index (χ1) is 8.68. The standard InChI is InChI=1S/C15H21NOS/c1-12(2)8-9-15(17)16-10-5-11-18-14-7-4-3-6-13(14)16/h3-4,6-7,12H,5,8-11H2,1-2H3. The summed E-state index contributed by atoms with van der Waals surface area (Å²) < 4.78 is 0. The van der Waals surface area contributed by atoms with E-state index in [1.54, 1.807) is 0 Å². The maximum absolute atomic E-state index is 12.3. The van der Waals surface area contributed by atoms with Gasteiger partial charge in [0.05, 0.1) is 5.69 Å². The third-order valence-corrected chi connectivity index (χ3v) is 4.33. The number of carbonyl (C=O) groups excluding carboxylic acids is 1. The van der Waals surface area contributed by atoms with Crippen molar-refractivity contribution in [2.24, 2.45) is 5.92 Å². The van der Waals surface area contributed by atoms with E-state index in [4.69, 9.17) is 0 Å². The Kier molecular flexibility index (Phi) is 4.70. The Balaban J connectivity index is 2.14. The zero-order valence-corrected chi connectivity index (χ0v) is 12.0. The lowest BCUT2D eigenvalue weighted by Crippen LogP contribution is -2.31. The Morgan fingerprint density at radius 2 is 2.17 bits per heavy atom. The van der Waals surface area contributed by atoms with E-state index in [0.717, 1.165) is 30.8 Å². The number of amides is 1. The number of anilines is 1. The van der Waals surface area contributed by atoms with Crippen LogP contribution in [0.15, 0.2) is 29.2 Å². The van der Waals surface area contributed by atoms with E-state index >= 15 is 0 Å². The molecule has 1 heterocycles. The summed E-state index contributed by atoms with van der Waals surface area (Å²) in [5.41, 5.74) is 1.11. The molecule has 0 radical (unpaired) electrons. The number of thioether (sulfide) groups is 1. The molecule has 0 aromatic heterocycles. The highest BCUT2D eigenvalue weighted by Gasteiger charge is 2.20. The average Bonchev–Trinajstić information content (AvgIpc) is 2.58. The van der Waals surface area contributed by atoms with Crippen LogP contribution in [0.1, 0.15) is 33.1 Å². The monoisotopic (exact) mass is 263 g/mol. The van der Waals surface area contributed by atoms with Gasteiger partial charge in [0.1, 0.15) is 0 Å². The van der Waals surface area contributed by atoms with Gasteiger partial charge in [-0.25, -0.2) is 0 Å². The first-order valence-corrected chi connectivity index (χ1v) is 7.69. The minimum Gasteiger partial charge on any atom is -0.311 e. The molecule has 2 rings (SSSR count). The Bertz CT molecular complexity index is 417. The molecule has 0 atom stereocenters. The van der Waals surface area contributed by atoms with Gasteiger partial charge in [-0.2, -0.15) is 0 Å². The molecule has 0 saturated heterocycles. The molecule has 3 heteroatoms. The van der Waals surface area contributed by atoms with Crippen molar-refractivity contribution in [2.75, 3.05) is 17.2 Å². The van der Waals surface area contributed by atoms with Gasteiger partial charge >= 0.3 is 0 Å². The molecule has 0 aliphatic carbocycles. The van der Waals surface area contributed by atoms with Crippen LogP contribution in [0, 0.1) is 5.92 Å². The summed E-state index contributed by atoms with van der Waals surface area (Å²) >= 11 is 1.86. The quantitative estimate of drug-likeness (QED) is 0.823. The Morgan fingerprint density at radius 3 is 2.94 bits per heavy atom. The summed E-state index contributed by atoms with van der Waals surface area (Å²) in [5, 5.41) is 0. The Morgan fingerprint density at radius 1 is 1.39 bits per heavy atom. The third-order valence-electron chi connectivity index (χ3n) is 3.18. The van der Waals surface area contributed by atoms with Gasteiger partial charge in [0.25, 0.3) is 0 Å². The lowest BCUT2D eigenvalue weighted by atomic mass is 10.1. The summed E-state index contributed by atoms with van der Waals surface area (Å²) in [7, 11) is 0. The average molecular weight is 263 g/mol. The second kappa shape index (κ2) is 6.28. The molecule has 0 saturated carbocycles. The van der Waals surface area contributed by atoms with Gasteiger partial charge in [0, 0.05) is 17.9 Å². The fraction of sp³-hybridized carbons (Fsp3) is 0.533. The number of hydrogen-bond acceptors (Lipinski definition) is 2. The zero-order chi connectivity index (χ0) is 13.0. The molecule has 0 N–H and O–H groups in total. The molecule has 0 fully saturated rings. The summed E-state index contributed by atoms with van der Waals surface area (Å²) in [6.07, 6.45) is 2.72. The number of hydrogen-bond donors (Lipinski definition) is 0. The third kappa shape index (κ3) is 3.29. The van der Waals surface area contributed by atoms with Crippen molar-refractivity contribution in [3.63, 3.8) is 0 Å². The first kappa shape index (κ1) is 13.5. The summed E-state index contributed by atoms with van der Waals surface area (Å²) in [4.78, 5) is 15.6. The number of carbonyl (C=O) groups is 1. The van der Waals surface area contributed by atoms with Gasteiger partial charge in [-0.15, -0.1) is 11.8 Å². The van der Waals surface area contributed by atoms with Crippen LogP contribution >= 0.6 is 11.8 Å². The predicted octanol–water partition coefficient (Wildman–Crippen LogP) is 3.95. The molecular weight excluding hydrogens is 242 g/mol. The van der Waals surface area contributed by atoms with Crippen LogP contribution in [0.25, 0.3) is 0 Å². The van der Waals surface area contributed by atoms with E-state index in [1.807, 2.05) is 28.8 Å². The zero-order valence-electron chi connectivity index (χ0n) is 11.2. The molecule has 0 bridgehead atoms. The molecule has 1 aliphatic rings. The van der Waals surface area contributed by atoms with Gasteiger partial charge < -0.3 is 4.90 Å². The van der Waals surface area contributed by atoms with E-state index in [9.17, 15) is 4.79 Å². The molecule has 98 valence electrons. The molecule has 1 aromatic rings. The number of para-hydroxylation sites is 1. The van der Waals surface area contributed by atoms with Crippen LogP contribution in [0.2, 0.25) is 0 Å². The van der Waals surface area contributed by atoms with Crippen LogP contribution in [0.5, 0.6) is 0 Å². The van der Waals surface area contributed by atoms with Crippen LogP contribution in [0.3, 0.4) is 0 Å². The number of nitrogens with zero attached hydrogens (tertiary/aromatic N) is 1. The Labute approximate surface area is 114 Å². The van der Waals surface area contributed by atoms with E-state index < -0.39 is 0 Å². The van der Waals surface area contributed by atoms with Crippen molar-refractivity contribution in [2.45, 2.75) is 38.0 Å². The highest BCUT2D eigenvalue weighted by molar-refractivity contribution is 7.99. The van der Waals surface area contributed by atoms with Crippen LogP contribution in [-0.4, -0.2) is 18.2 Å². The second-order valence-electron chi connectivity index (χ2n) is 5.15. The lowest BCUT2D eigenvalue weighted by Gasteiger charge is -2.22. The molecule has 0 spiro atoms. The molecule has 1 aliphatic heterocycles. The van der Waals surface area contributed by atoms with E-state index in [1.165, 1.54) is 4.90 Å². The first-order valence-electron chi connectivity index (χ1n) is 6.70. The SMILES string of the molecule is CC(C)CCC(=O)N1CCCSc2ccccc21. The maximum atomic E-state index is 12.3. The molecule has 18 heavy (non-hydrogen) atoms. The number of benzene rings is 1. The minimum atomic E-state index is 0.277. The van der Waals surface area contributed by atoms with Crippen molar-refractivity contribution >= 4 is 23.4 Å². The van der Waals surface area contributed by atoms with Crippen LogP contribution < -0.4 is 4.90 Å². The fourth-order valence-electron chi connectivity index (χ4n) is 2.13. The van der Waals surface area contributed by atoms with Crippen LogP contribution in [-0.2, 0) is 4.79 Å². The maximum Gasteiger partial charge on any atom is 0.227 e. The van der Waals surface area contributed by atoms with Crippen molar-refractivity contribution in [1.29, 1.82) is 0 Å². The van der Waals surface area contributed by atoms with Crippen molar-refractivity contribution in [3.8, 4) is 0 Å². The number of fused-ring (bicyclic) bond motifs is 1. The van der Waals surface area contributed by atoms with Crippen molar-refractivity contribution in [1.82, 2.24) is 0 Å². The highest BCUT2D eigenvalue weighted by atomic mass is 32.2. The van der Waals surface area contributed by atoms with Crippen molar-refractivity contribution < 1.29 is 4.79 Å². The van der Waals surface area contributed by atoms with Gasteiger partial charge in [-0.1, -0.05) is 26.0 Å². The van der Waals surface area contributed by atoms with Gasteiger partial charge in [-0.3, -0.25) is 4.79 Å². The summed E-state index contributed by atoms with van der Waals surface area (Å²) in [6.45, 7) is 5.19. The normalized spacial score (nSPS) is 15.4. The molecule has 1 aromatic carbocycles. The van der Waals surface area contributed by atoms with E-state index in [2.05, 4.69) is 26.0 Å². The van der Waals surface area contributed by atoms with Crippen LogP contribution in [0.4, 0.5) is 5.69 Å². The lowest BCUT2D eigenvalue weighted by molar-refractivity contribution is -0.118. The highest BCUT2D eigenvalue weighted by Crippen LogP contribution is 2.33. The summed E-state index contributed by atoms with van der Waals surface area (Å²) in [5.74, 6) is 1.97. The molecule has 0 unspecified atom stereocenters. The van der Waals surface area contributed by atoms with Gasteiger partial charge in [-0.05, 0) is 36.6 Å². The Hall–Kier alpha value is -0.960. The van der Waals surface area contributed by atoms with E-state index in [-0.39, 0.29) is 5.91 Å². The summed E-state index contributed by atoms with van der Waals surface area (Å²) in [6, 6.07) is 8.26. The van der Waals surface area contributed by atoms with Gasteiger partial charge in [0.15, 0.2) is 0 Å². The smallest absolute Gasteiger partial charge is 0.227 e. The number of rotatable bonds is 3. The topological polar surface area (TPSA) is 20.3 Å². The fourth-order valence-corrected chi connectivity index (χ4v) is 3.13. The minimum absolute atomic E-state index is 0.277. The molecule has 2 nitrogen and oxygen atoms in total. The molecule has 1 amide bonds. The largest absolute Gasteiger partial charge is 0.311 e. The van der Waals surface area contributed by atoms with Crippen molar-refractivity contribution in [3.05, 3.63) is 24.3 Å². The molecular formula is C15H21NOS.